The van der Waals surface area contributed by atoms with Crippen molar-refractivity contribution in [3.05, 3.63) is 46.6 Å². The third-order valence-corrected chi connectivity index (χ3v) is 2.62. The molecule has 0 aliphatic heterocycles. The van der Waals surface area contributed by atoms with Crippen LogP contribution in [-0.4, -0.2) is 28.2 Å². The Hall–Kier alpha value is -2.21. The maximum absolute atomic E-state index is 10.9. The van der Waals surface area contributed by atoms with Crippen LogP contribution < -0.4 is 15.7 Å². The number of anilines is 1. The Morgan fingerprint density at radius 3 is 3.00 bits per heavy atom. The Balaban J connectivity index is 1.94. The molecule has 1 aromatic carbocycles. The predicted octanol–water partition coefficient (Wildman–Crippen LogP) is 1.25. The van der Waals surface area contributed by atoms with Crippen molar-refractivity contribution in [3.8, 4) is 5.75 Å². The molecular formula is C13H17N3O3. The summed E-state index contributed by atoms with van der Waals surface area (Å²) in [5.74, 6) is 0.775. The van der Waals surface area contributed by atoms with Gasteiger partial charge in [-0.15, -0.1) is 0 Å². The molecule has 4 N–H and O–H groups in total. The minimum Gasteiger partial charge on any atom is -0.494 e. The van der Waals surface area contributed by atoms with Gasteiger partial charge in [0.25, 0.3) is 0 Å². The summed E-state index contributed by atoms with van der Waals surface area (Å²) in [5, 5.41) is 13.0. The molecule has 0 saturated carbocycles. The van der Waals surface area contributed by atoms with E-state index in [0.717, 1.165) is 11.4 Å². The van der Waals surface area contributed by atoms with Crippen LogP contribution in [0.15, 0.2) is 35.3 Å². The number of hydrogen-bond donors (Lipinski definition) is 4. The summed E-state index contributed by atoms with van der Waals surface area (Å²) >= 11 is 0. The van der Waals surface area contributed by atoms with E-state index in [1.54, 1.807) is 0 Å². The average Bonchev–Trinajstić information content (AvgIpc) is 2.84. The van der Waals surface area contributed by atoms with Crippen molar-refractivity contribution in [2.24, 2.45) is 0 Å². The minimum atomic E-state index is -0.783. The van der Waals surface area contributed by atoms with Gasteiger partial charge in [0.2, 0.25) is 0 Å². The highest BCUT2D eigenvalue weighted by Gasteiger charge is 2.09. The molecule has 0 fully saturated rings. The maximum atomic E-state index is 10.9. The number of nitrogens with one attached hydrogen (secondary N) is 3. The van der Waals surface area contributed by atoms with E-state index in [1.807, 2.05) is 31.2 Å². The number of imidazole rings is 1. The normalized spacial score (nSPS) is 12.1. The molecule has 0 bridgehead atoms. The lowest BCUT2D eigenvalue weighted by Crippen LogP contribution is -2.13. The molecule has 102 valence electrons. The van der Waals surface area contributed by atoms with E-state index in [0.29, 0.717) is 18.8 Å². The first-order valence-electron chi connectivity index (χ1n) is 6.11. The Bertz CT molecular complexity index is 576. The summed E-state index contributed by atoms with van der Waals surface area (Å²) in [5.41, 5.74) is 0.980. The molecule has 19 heavy (non-hydrogen) atoms. The van der Waals surface area contributed by atoms with Crippen LogP contribution in [0.3, 0.4) is 0 Å². The van der Waals surface area contributed by atoms with Gasteiger partial charge in [-0.25, -0.2) is 4.79 Å². The first-order valence-corrected chi connectivity index (χ1v) is 6.11. The summed E-state index contributed by atoms with van der Waals surface area (Å²) in [6.45, 7) is 2.83. The first kappa shape index (κ1) is 13.2. The fraction of sp³-hybridized carbons (Fsp3) is 0.308. The van der Waals surface area contributed by atoms with Gasteiger partial charge in [0.05, 0.1) is 12.3 Å². The molecule has 6 heteroatoms. The standard InChI is InChI=1S/C13H17N3O3/c1-2-19-10-5-3-4-9(6-10)14-8-12(17)11-7-15-13(18)16-11/h3-7,12,14,17H,2,8H2,1H3,(H2,15,16,18). The number of aromatic amines is 2. The Morgan fingerprint density at radius 1 is 1.47 bits per heavy atom. The number of hydrogen-bond acceptors (Lipinski definition) is 4. The number of H-pyrrole nitrogens is 2. The third kappa shape index (κ3) is 3.62. The number of benzene rings is 1. The highest BCUT2D eigenvalue weighted by molar-refractivity contribution is 5.48. The van der Waals surface area contributed by atoms with Gasteiger partial charge >= 0.3 is 5.69 Å². The first-order chi connectivity index (χ1) is 9.19. The summed E-state index contributed by atoms with van der Waals surface area (Å²) in [6.07, 6.45) is 0.681. The fourth-order valence-electron chi connectivity index (χ4n) is 1.71. The Kier molecular flexibility index (Phi) is 4.25. The molecule has 1 atom stereocenters. The van der Waals surface area contributed by atoms with Crippen LogP contribution in [0.4, 0.5) is 5.69 Å². The van der Waals surface area contributed by atoms with Crippen molar-refractivity contribution >= 4 is 5.69 Å². The lowest BCUT2D eigenvalue weighted by atomic mass is 10.2. The van der Waals surface area contributed by atoms with Crippen molar-refractivity contribution in [3.63, 3.8) is 0 Å². The van der Waals surface area contributed by atoms with Crippen LogP contribution >= 0.6 is 0 Å². The number of ether oxygens (including phenoxy) is 1. The SMILES string of the molecule is CCOc1cccc(NCC(O)c2c[nH]c(=O)[nH]2)c1. The van der Waals surface area contributed by atoms with E-state index in [1.165, 1.54) is 6.20 Å². The molecule has 0 aliphatic carbocycles. The second kappa shape index (κ2) is 6.10. The maximum Gasteiger partial charge on any atom is 0.323 e. The number of aliphatic hydroxyl groups is 1. The van der Waals surface area contributed by atoms with Crippen LogP contribution in [-0.2, 0) is 0 Å². The van der Waals surface area contributed by atoms with Crippen LogP contribution in [0, 0.1) is 0 Å². The number of aromatic nitrogens is 2. The molecule has 0 saturated heterocycles. The van der Waals surface area contributed by atoms with Gasteiger partial charge in [-0.3, -0.25) is 0 Å². The number of aliphatic hydroxyl groups excluding tert-OH is 1. The van der Waals surface area contributed by atoms with Crippen molar-refractivity contribution in [2.75, 3.05) is 18.5 Å². The molecule has 2 rings (SSSR count). The molecule has 0 amide bonds. The van der Waals surface area contributed by atoms with Crippen molar-refractivity contribution in [1.29, 1.82) is 0 Å². The van der Waals surface area contributed by atoms with Gasteiger partial charge in [-0.1, -0.05) is 6.07 Å². The molecule has 1 aromatic heterocycles. The van der Waals surface area contributed by atoms with E-state index >= 15 is 0 Å². The molecule has 6 nitrogen and oxygen atoms in total. The fourth-order valence-corrected chi connectivity index (χ4v) is 1.71. The zero-order valence-electron chi connectivity index (χ0n) is 10.6. The van der Waals surface area contributed by atoms with E-state index in [9.17, 15) is 9.90 Å². The van der Waals surface area contributed by atoms with Crippen molar-refractivity contribution in [2.45, 2.75) is 13.0 Å². The molecule has 1 heterocycles. The van der Waals surface area contributed by atoms with Gasteiger partial charge in [0.1, 0.15) is 11.9 Å². The number of rotatable bonds is 6. The molecule has 1 unspecified atom stereocenters. The second-order valence-electron chi connectivity index (χ2n) is 4.06. The van der Waals surface area contributed by atoms with Gasteiger partial charge in [-0.05, 0) is 19.1 Å². The molecule has 2 aromatic rings. The highest BCUT2D eigenvalue weighted by atomic mass is 16.5. The van der Waals surface area contributed by atoms with Crippen LogP contribution in [0.1, 0.15) is 18.7 Å². The second-order valence-corrected chi connectivity index (χ2v) is 4.06. The van der Waals surface area contributed by atoms with Gasteiger partial charge in [0.15, 0.2) is 0 Å². The predicted molar refractivity (Wildman–Crippen MR) is 72.5 cm³/mol. The van der Waals surface area contributed by atoms with Crippen LogP contribution in [0.25, 0.3) is 0 Å². The quantitative estimate of drug-likeness (QED) is 0.631. The van der Waals surface area contributed by atoms with E-state index < -0.39 is 6.10 Å². The molecule has 0 radical (unpaired) electrons. The Labute approximate surface area is 110 Å². The summed E-state index contributed by atoms with van der Waals surface area (Å²) in [4.78, 5) is 15.9. The molecular weight excluding hydrogens is 246 g/mol. The van der Waals surface area contributed by atoms with Crippen LogP contribution in [0.2, 0.25) is 0 Å². The monoisotopic (exact) mass is 263 g/mol. The summed E-state index contributed by atoms with van der Waals surface area (Å²) in [6, 6.07) is 7.48. The van der Waals surface area contributed by atoms with Crippen LogP contribution in [0.5, 0.6) is 5.75 Å². The average molecular weight is 263 g/mol. The van der Waals surface area contributed by atoms with E-state index in [4.69, 9.17) is 4.74 Å². The van der Waals surface area contributed by atoms with E-state index in [2.05, 4.69) is 15.3 Å². The largest absolute Gasteiger partial charge is 0.494 e. The molecule has 0 aliphatic rings. The van der Waals surface area contributed by atoms with Crippen molar-refractivity contribution < 1.29 is 9.84 Å². The lowest BCUT2D eigenvalue weighted by Gasteiger charge is -2.12. The van der Waals surface area contributed by atoms with E-state index in [-0.39, 0.29) is 5.69 Å². The highest BCUT2D eigenvalue weighted by Crippen LogP contribution is 2.18. The Morgan fingerprint density at radius 2 is 2.32 bits per heavy atom. The topological polar surface area (TPSA) is 90.1 Å². The summed E-state index contributed by atoms with van der Waals surface area (Å²) in [7, 11) is 0. The summed E-state index contributed by atoms with van der Waals surface area (Å²) < 4.78 is 5.39. The molecule has 0 spiro atoms. The van der Waals surface area contributed by atoms with Gasteiger partial charge < -0.3 is 25.1 Å². The lowest BCUT2D eigenvalue weighted by molar-refractivity contribution is 0.187. The zero-order chi connectivity index (χ0) is 13.7. The zero-order valence-corrected chi connectivity index (χ0v) is 10.6. The van der Waals surface area contributed by atoms with Crippen molar-refractivity contribution in [1.82, 2.24) is 9.97 Å². The smallest absolute Gasteiger partial charge is 0.323 e. The minimum absolute atomic E-state index is 0.295. The van der Waals surface area contributed by atoms with Gasteiger partial charge in [-0.2, -0.15) is 0 Å². The third-order valence-electron chi connectivity index (χ3n) is 2.62. The van der Waals surface area contributed by atoms with Gasteiger partial charge in [0, 0.05) is 24.5 Å².